The molecule has 2 aromatic rings. The monoisotopic (exact) mass is 418 g/mol. The van der Waals surface area contributed by atoms with Crippen LogP contribution in [-0.2, 0) is 11.0 Å². The van der Waals surface area contributed by atoms with Crippen LogP contribution in [0.1, 0.15) is 5.56 Å². The first-order valence-corrected chi connectivity index (χ1v) is 7.50. The molecule has 10 heteroatoms. The molecule has 0 unspecified atom stereocenters. The maximum absolute atomic E-state index is 12.6. The largest absolute Gasteiger partial charge is 0.477 e. The van der Waals surface area contributed by atoms with Gasteiger partial charge in [0.1, 0.15) is 0 Å². The number of carbonyl (C=O) groups excluding carboxylic acids is 1. The van der Waals surface area contributed by atoms with Crippen LogP contribution in [0.3, 0.4) is 0 Å². The Kier molecular flexibility index (Phi) is 5.62. The van der Waals surface area contributed by atoms with Gasteiger partial charge in [-0.1, -0.05) is 15.9 Å². The van der Waals surface area contributed by atoms with Crippen molar-refractivity contribution >= 4 is 33.2 Å². The van der Waals surface area contributed by atoms with Gasteiger partial charge in [-0.05, 0) is 36.4 Å². The van der Waals surface area contributed by atoms with E-state index in [1.165, 1.54) is 0 Å². The first kappa shape index (κ1) is 18.7. The van der Waals surface area contributed by atoms with Crippen molar-refractivity contribution in [1.29, 1.82) is 0 Å². The molecular weight excluding hydrogens is 409 g/mol. The van der Waals surface area contributed by atoms with E-state index >= 15 is 0 Å². The van der Waals surface area contributed by atoms with Crippen molar-refractivity contribution in [1.82, 2.24) is 0 Å². The molecule has 0 bridgehead atoms. The lowest BCUT2D eigenvalue weighted by Gasteiger charge is -2.10. The Bertz CT molecular complexity index is 794. The summed E-state index contributed by atoms with van der Waals surface area (Å²) in [5.41, 5.74) is -1.57. The number of benzene rings is 2. The number of nitro benzene ring substituents is 1. The summed E-state index contributed by atoms with van der Waals surface area (Å²) in [6.45, 7) is -0.595. The van der Waals surface area contributed by atoms with Crippen molar-refractivity contribution < 1.29 is 27.6 Å². The van der Waals surface area contributed by atoms with Crippen LogP contribution in [0.15, 0.2) is 46.9 Å². The third-order valence-electron chi connectivity index (χ3n) is 2.97. The number of nitrogens with zero attached hydrogens (tertiary/aromatic N) is 1. The van der Waals surface area contributed by atoms with Crippen LogP contribution in [-0.4, -0.2) is 17.4 Å². The van der Waals surface area contributed by atoms with Gasteiger partial charge in [0.05, 0.1) is 10.5 Å². The van der Waals surface area contributed by atoms with Gasteiger partial charge in [-0.2, -0.15) is 13.2 Å². The van der Waals surface area contributed by atoms with Crippen molar-refractivity contribution in [3.63, 3.8) is 0 Å². The van der Waals surface area contributed by atoms with Crippen LogP contribution < -0.4 is 10.1 Å². The van der Waals surface area contributed by atoms with E-state index in [2.05, 4.69) is 21.2 Å². The molecule has 6 nitrogen and oxygen atoms in total. The maximum atomic E-state index is 12.6. The Hall–Kier alpha value is -2.62. The zero-order chi connectivity index (χ0) is 18.6. The van der Waals surface area contributed by atoms with E-state index in [0.29, 0.717) is 17.8 Å². The van der Waals surface area contributed by atoms with E-state index < -0.39 is 40.6 Å². The highest BCUT2D eigenvalue weighted by Crippen LogP contribution is 2.36. The number of anilines is 1. The average Bonchev–Trinajstić information content (AvgIpc) is 2.54. The summed E-state index contributed by atoms with van der Waals surface area (Å²) >= 11 is 3.23. The van der Waals surface area contributed by atoms with Crippen LogP contribution >= 0.6 is 15.9 Å². The fourth-order valence-corrected chi connectivity index (χ4v) is 2.10. The summed E-state index contributed by atoms with van der Waals surface area (Å²) in [4.78, 5) is 21.7. The zero-order valence-corrected chi connectivity index (χ0v) is 13.9. The second-order valence-electron chi connectivity index (χ2n) is 4.78. The average molecular weight is 419 g/mol. The van der Waals surface area contributed by atoms with E-state index in [4.69, 9.17) is 4.74 Å². The van der Waals surface area contributed by atoms with Crippen molar-refractivity contribution in [3.8, 4) is 5.75 Å². The number of ether oxygens (including phenoxy) is 1. The molecule has 0 atom stereocenters. The molecule has 0 saturated carbocycles. The van der Waals surface area contributed by atoms with Crippen LogP contribution in [0.5, 0.6) is 5.75 Å². The lowest BCUT2D eigenvalue weighted by Crippen LogP contribution is -2.20. The van der Waals surface area contributed by atoms with E-state index in [9.17, 15) is 28.1 Å². The molecule has 0 spiro atoms. The lowest BCUT2D eigenvalue weighted by atomic mass is 10.2. The third-order valence-corrected chi connectivity index (χ3v) is 3.50. The van der Waals surface area contributed by atoms with Gasteiger partial charge in [-0.15, -0.1) is 0 Å². The highest BCUT2D eigenvalue weighted by Gasteiger charge is 2.33. The number of hydrogen-bond acceptors (Lipinski definition) is 4. The van der Waals surface area contributed by atoms with E-state index in [-0.39, 0.29) is 0 Å². The summed E-state index contributed by atoms with van der Waals surface area (Å²) in [5.74, 6) is -1.04. The Labute approximate surface area is 147 Å². The third kappa shape index (κ3) is 5.18. The van der Waals surface area contributed by atoms with Gasteiger partial charge in [-0.3, -0.25) is 14.9 Å². The van der Waals surface area contributed by atoms with E-state index in [0.717, 1.165) is 10.5 Å². The summed E-state index contributed by atoms with van der Waals surface area (Å²) in [6, 6.07) is 8.43. The van der Waals surface area contributed by atoms with E-state index in [1.54, 1.807) is 24.3 Å². The van der Waals surface area contributed by atoms with Gasteiger partial charge in [-0.25, -0.2) is 0 Å². The molecule has 0 radical (unpaired) electrons. The number of nitrogens with one attached hydrogen (secondary N) is 1. The summed E-state index contributed by atoms with van der Waals surface area (Å²) in [5, 5.41) is 13.4. The minimum absolute atomic E-state index is 0.363. The maximum Gasteiger partial charge on any atom is 0.416 e. The molecule has 0 fully saturated rings. The standard InChI is InChI=1S/C15H10BrF3N2O4/c16-10-2-4-11(5-3-10)20-14(22)8-25-13-6-1-9(15(17,18)19)7-12(13)21(23)24/h1-7H,8H2,(H,20,22). The van der Waals surface area contributed by atoms with Gasteiger partial charge in [0.15, 0.2) is 12.4 Å². The normalized spacial score (nSPS) is 11.0. The first-order valence-electron chi connectivity index (χ1n) is 6.70. The predicted molar refractivity (Wildman–Crippen MR) is 86.4 cm³/mol. The fourth-order valence-electron chi connectivity index (χ4n) is 1.83. The van der Waals surface area contributed by atoms with Crippen molar-refractivity contribution in [3.05, 3.63) is 62.6 Å². The molecule has 2 rings (SSSR count). The summed E-state index contributed by atoms with van der Waals surface area (Å²) in [6.07, 6.45) is -4.72. The molecule has 0 aliphatic carbocycles. The molecule has 25 heavy (non-hydrogen) atoms. The van der Waals surface area contributed by atoms with Crippen LogP contribution in [0.4, 0.5) is 24.5 Å². The number of rotatable bonds is 5. The Morgan fingerprint density at radius 3 is 2.40 bits per heavy atom. The molecule has 132 valence electrons. The van der Waals surface area contributed by atoms with Gasteiger partial charge in [0, 0.05) is 16.2 Å². The van der Waals surface area contributed by atoms with Crippen LogP contribution in [0.25, 0.3) is 0 Å². The van der Waals surface area contributed by atoms with Gasteiger partial charge >= 0.3 is 11.9 Å². The topological polar surface area (TPSA) is 81.5 Å². The Morgan fingerprint density at radius 2 is 1.84 bits per heavy atom. The van der Waals surface area contributed by atoms with Gasteiger partial charge < -0.3 is 10.1 Å². The smallest absolute Gasteiger partial charge is 0.416 e. The second-order valence-corrected chi connectivity index (χ2v) is 5.70. The van der Waals surface area contributed by atoms with Crippen molar-refractivity contribution in [2.45, 2.75) is 6.18 Å². The van der Waals surface area contributed by atoms with Gasteiger partial charge in [0.2, 0.25) is 0 Å². The molecule has 0 aromatic heterocycles. The Balaban J connectivity index is 2.07. The molecular formula is C15H10BrF3N2O4. The molecule has 1 N–H and O–H groups in total. The minimum atomic E-state index is -4.72. The van der Waals surface area contributed by atoms with E-state index in [1.807, 2.05) is 0 Å². The van der Waals surface area contributed by atoms with Crippen molar-refractivity contribution in [2.24, 2.45) is 0 Å². The van der Waals surface area contributed by atoms with Crippen LogP contribution in [0, 0.1) is 10.1 Å². The van der Waals surface area contributed by atoms with Crippen LogP contribution in [0.2, 0.25) is 0 Å². The molecule has 0 aliphatic rings. The number of amides is 1. The molecule has 0 aliphatic heterocycles. The van der Waals surface area contributed by atoms with Gasteiger partial charge in [0.25, 0.3) is 5.91 Å². The predicted octanol–water partition coefficient (Wildman–Crippen LogP) is 4.39. The number of hydrogen-bond donors (Lipinski definition) is 1. The molecule has 2 aromatic carbocycles. The fraction of sp³-hybridized carbons (Fsp3) is 0.133. The highest BCUT2D eigenvalue weighted by molar-refractivity contribution is 9.10. The number of alkyl halides is 3. The van der Waals surface area contributed by atoms with Crippen molar-refractivity contribution in [2.75, 3.05) is 11.9 Å². The quantitative estimate of drug-likeness (QED) is 0.576. The first-order chi connectivity index (χ1) is 11.7. The second kappa shape index (κ2) is 7.51. The Morgan fingerprint density at radius 1 is 1.20 bits per heavy atom. The molecule has 0 saturated heterocycles. The molecule has 1 amide bonds. The number of halogens is 4. The number of nitro groups is 1. The zero-order valence-electron chi connectivity index (χ0n) is 12.3. The summed E-state index contributed by atoms with van der Waals surface area (Å²) < 4.78 is 43.7. The minimum Gasteiger partial charge on any atom is -0.477 e. The highest BCUT2D eigenvalue weighted by atomic mass is 79.9. The molecule has 0 heterocycles. The number of carbonyl (C=O) groups is 1. The lowest BCUT2D eigenvalue weighted by molar-refractivity contribution is -0.386. The SMILES string of the molecule is O=C(COc1ccc(C(F)(F)F)cc1[N+](=O)[O-])Nc1ccc(Br)cc1. The summed E-state index contributed by atoms with van der Waals surface area (Å²) in [7, 11) is 0.